The molecule has 1 N–H and O–H groups in total. The predicted octanol–water partition coefficient (Wildman–Crippen LogP) is 5.42. The molecule has 1 aromatic heterocycles. The average molecular weight is 312 g/mol. The van der Waals surface area contributed by atoms with Crippen molar-refractivity contribution in [3.05, 3.63) is 67.0 Å². The van der Waals surface area contributed by atoms with Crippen molar-refractivity contribution < 1.29 is 9.84 Å². The fourth-order valence-corrected chi connectivity index (χ4v) is 1.76. The third-order valence-electron chi connectivity index (χ3n) is 2.68. The molecule has 0 saturated heterocycles. The molecule has 0 aliphatic carbocycles. The van der Waals surface area contributed by atoms with E-state index in [9.17, 15) is 5.11 Å². The predicted molar refractivity (Wildman–Crippen MR) is 94.4 cm³/mol. The monoisotopic (exact) mass is 312 g/mol. The van der Waals surface area contributed by atoms with E-state index in [0.29, 0.717) is 11.5 Å². The molecule has 4 heteroatoms. The number of hydrogen-bond acceptors (Lipinski definition) is 3. The highest BCUT2D eigenvalue weighted by molar-refractivity contribution is 5.49. The van der Waals surface area contributed by atoms with Crippen molar-refractivity contribution in [3.8, 4) is 22.9 Å². The van der Waals surface area contributed by atoms with Gasteiger partial charge < -0.3 is 9.84 Å². The summed E-state index contributed by atoms with van der Waals surface area (Å²) in [6.45, 7) is 8.00. The van der Waals surface area contributed by atoms with E-state index in [-0.39, 0.29) is 5.75 Å². The van der Waals surface area contributed by atoms with Crippen molar-refractivity contribution >= 4 is 0 Å². The van der Waals surface area contributed by atoms with E-state index in [2.05, 4.69) is 5.10 Å². The fraction of sp³-hybridized carbons (Fsp3) is 0.211. The van der Waals surface area contributed by atoms with Crippen LogP contribution in [-0.2, 0) is 0 Å². The van der Waals surface area contributed by atoms with Gasteiger partial charge in [-0.2, -0.15) is 5.10 Å². The number of aromatic hydroxyl groups is 1. The SMILES string of the molecule is CC.CC.Oc1ccc(-n2cccn2)cc1Oc1ccccc1. The lowest BCUT2D eigenvalue weighted by Crippen LogP contribution is -1.94. The van der Waals surface area contributed by atoms with Crippen LogP contribution in [-0.4, -0.2) is 14.9 Å². The summed E-state index contributed by atoms with van der Waals surface area (Å²) in [6, 6.07) is 16.3. The third kappa shape index (κ3) is 5.18. The number of hydrogen-bond donors (Lipinski definition) is 1. The number of rotatable bonds is 3. The van der Waals surface area contributed by atoms with Crippen LogP contribution in [0, 0.1) is 0 Å². The Morgan fingerprint density at radius 2 is 1.61 bits per heavy atom. The standard InChI is InChI=1S/C15H12N2O2.2C2H6/c18-14-8-7-12(17-10-4-9-16-17)11-15(14)19-13-5-2-1-3-6-13;2*1-2/h1-11,18H;2*1-2H3. The Kier molecular flexibility index (Phi) is 8.00. The first-order valence-electron chi connectivity index (χ1n) is 7.89. The summed E-state index contributed by atoms with van der Waals surface area (Å²) in [5, 5.41) is 14.0. The van der Waals surface area contributed by atoms with Gasteiger partial charge in [0.25, 0.3) is 0 Å². The lowest BCUT2D eigenvalue weighted by atomic mass is 10.2. The topological polar surface area (TPSA) is 47.3 Å². The third-order valence-corrected chi connectivity index (χ3v) is 2.68. The molecule has 3 rings (SSSR count). The van der Waals surface area contributed by atoms with Crippen LogP contribution >= 0.6 is 0 Å². The number of para-hydroxylation sites is 1. The van der Waals surface area contributed by atoms with Crippen LogP contribution in [0.2, 0.25) is 0 Å². The number of phenols is 1. The molecule has 0 saturated carbocycles. The smallest absolute Gasteiger partial charge is 0.171 e. The van der Waals surface area contributed by atoms with Gasteiger partial charge in [0.1, 0.15) is 5.75 Å². The van der Waals surface area contributed by atoms with Crippen LogP contribution in [0.1, 0.15) is 27.7 Å². The second kappa shape index (κ2) is 10.1. The molecule has 0 aliphatic heterocycles. The lowest BCUT2D eigenvalue weighted by Gasteiger charge is -2.09. The minimum absolute atomic E-state index is 0.0970. The molecule has 0 amide bonds. The summed E-state index contributed by atoms with van der Waals surface area (Å²) in [5.74, 6) is 1.18. The van der Waals surface area contributed by atoms with Gasteiger partial charge in [-0.15, -0.1) is 0 Å². The molecule has 0 fully saturated rings. The van der Waals surface area contributed by atoms with Crippen molar-refractivity contribution in [1.29, 1.82) is 0 Å². The summed E-state index contributed by atoms with van der Waals surface area (Å²) < 4.78 is 7.36. The molecule has 0 aliphatic rings. The summed E-state index contributed by atoms with van der Waals surface area (Å²) in [4.78, 5) is 0. The Labute approximate surface area is 138 Å². The largest absolute Gasteiger partial charge is 0.504 e. The molecule has 23 heavy (non-hydrogen) atoms. The number of phenolic OH excluding ortho intramolecular Hbond substituents is 1. The first-order valence-corrected chi connectivity index (χ1v) is 7.89. The first-order chi connectivity index (χ1) is 11.3. The van der Waals surface area contributed by atoms with Crippen LogP contribution in [0.5, 0.6) is 17.2 Å². The highest BCUT2D eigenvalue weighted by atomic mass is 16.5. The van der Waals surface area contributed by atoms with Crippen LogP contribution in [0.4, 0.5) is 0 Å². The van der Waals surface area contributed by atoms with Gasteiger partial charge in [-0.05, 0) is 30.3 Å². The molecule has 122 valence electrons. The van der Waals surface area contributed by atoms with Gasteiger partial charge in [0.2, 0.25) is 0 Å². The van der Waals surface area contributed by atoms with E-state index in [1.807, 2.05) is 70.3 Å². The van der Waals surface area contributed by atoms with Crippen LogP contribution in [0.15, 0.2) is 67.0 Å². The summed E-state index contributed by atoms with van der Waals surface area (Å²) in [7, 11) is 0. The van der Waals surface area contributed by atoms with Crippen molar-refractivity contribution in [2.75, 3.05) is 0 Å². The van der Waals surface area contributed by atoms with Gasteiger partial charge in [0.15, 0.2) is 11.5 Å². The molecule has 0 atom stereocenters. The molecule has 0 unspecified atom stereocenters. The minimum Gasteiger partial charge on any atom is -0.504 e. The molecule has 0 bridgehead atoms. The zero-order chi connectivity index (χ0) is 17.1. The Bertz CT molecular complexity index is 665. The van der Waals surface area contributed by atoms with Crippen molar-refractivity contribution in [1.82, 2.24) is 9.78 Å². The zero-order valence-electron chi connectivity index (χ0n) is 14.1. The Balaban J connectivity index is 0.000000615. The Morgan fingerprint density at radius 1 is 0.913 bits per heavy atom. The Hall–Kier alpha value is -2.75. The number of benzene rings is 2. The highest BCUT2D eigenvalue weighted by Gasteiger charge is 2.06. The van der Waals surface area contributed by atoms with Crippen molar-refractivity contribution in [2.24, 2.45) is 0 Å². The fourth-order valence-electron chi connectivity index (χ4n) is 1.76. The maximum Gasteiger partial charge on any atom is 0.171 e. The molecule has 3 aromatic rings. The van der Waals surface area contributed by atoms with E-state index in [0.717, 1.165) is 5.69 Å². The summed E-state index contributed by atoms with van der Waals surface area (Å²) >= 11 is 0. The molecular weight excluding hydrogens is 288 g/mol. The normalized spacial score (nSPS) is 9.04. The first kappa shape index (κ1) is 18.3. The molecule has 2 aromatic carbocycles. The van der Waals surface area contributed by atoms with E-state index in [1.165, 1.54) is 0 Å². The second-order valence-corrected chi connectivity index (χ2v) is 4.02. The summed E-state index contributed by atoms with van der Waals surface area (Å²) in [5.41, 5.74) is 0.828. The number of aromatic nitrogens is 2. The molecular formula is C19H24N2O2. The van der Waals surface area contributed by atoms with E-state index in [1.54, 1.807) is 29.1 Å². The number of ether oxygens (including phenoxy) is 1. The second-order valence-electron chi connectivity index (χ2n) is 4.02. The van der Waals surface area contributed by atoms with Gasteiger partial charge in [0, 0.05) is 18.5 Å². The van der Waals surface area contributed by atoms with Gasteiger partial charge in [-0.3, -0.25) is 0 Å². The quantitative estimate of drug-likeness (QED) is 0.702. The average Bonchev–Trinajstić information content (AvgIpc) is 3.16. The molecule has 0 spiro atoms. The van der Waals surface area contributed by atoms with Crippen LogP contribution < -0.4 is 4.74 Å². The van der Waals surface area contributed by atoms with E-state index < -0.39 is 0 Å². The van der Waals surface area contributed by atoms with E-state index in [4.69, 9.17) is 4.74 Å². The van der Waals surface area contributed by atoms with Crippen LogP contribution in [0.3, 0.4) is 0 Å². The molecule has 0 radical (unpaired) electrons. The maximum absolute atomic E-state index is 9.84. The van der Waals surface area contributed by atoms with Gasteiger partial charge in [-0.1, -0.05) is 45.9 Å². The zero-order valence-corrected chi connectivity index (χ0v) is 14.1. The minimum atomic E-state index is 0.0970. The molecule has 1 heterocycles. The maximum atomic E-state index is 9.84. The number of nitrogens with zero attached hydrogens (tertiary/aromatic N) is 2. The van der Waals surface area contributed by atoms with Crippen LogP contribution in [0.25, 0.3) is 5.69 Å². The van der Waals surface area contributed by atoms with Gasteiger partial charge in [0.05, 0.1) is 5.69 Å². The van der Waals surface area contributed by atoms with E-state index >= 15 is 0 Å². The van der Waals surface area contributed by atoms with Gasteiger partial charge in [-0.25, -0.2) is 4.68 Å². The lowest BCUT2D eigenvalue weighted by molar-refractivity contribution is 0.411. The van der Waals surface area contributed by atoms with Crippen molar-refractivity contribution in [3.63, 3.8) is 0 Å². The van der Waals surface area contributed by atoms with Crippen molar-refractivity contribution in [2.45, 2.75) is 27.7 Å². The van der Waals surface area contributed by atoms with Gasteiger partial charge >= 0.3 is 0 Å². The molecule has 4 nitrogen and oxygen atoms in total. The highest BCUT2D eigenvalue weighted by Crippen LogP contribution is 2.32. The summed E-state index contributed by atoms with van der Waals surface area (Å²) in [6.07, 6.45) is 3.53. The Morgan fingerprint density at radius 3 is 2.22 bits per heavy atom.